The highest BCUT2D eigenvalue weighted by Crippen LogP contribution is 2.39. The number of aliphatic hydroxyl groups is 1. The molecule has 170 valence electrons. The smallest absolute Gasteiger partial charge is 0.222 e. The molecule has 0 bridgehead atoms. The Morgan fingerprint density at radius 3 is 2.41 bits per heavy atom. The van der Waals surface area contributed by atoms with Crippen molar-refractivity contribution in [3.8, 4) is 28.6 Å². The second-order valence-corrected chi connectivity index (χ2v) is 8.14. The van der Waals surface area contributed by atoms with Crippen LogP contribution in [0.5, 0.6) is 17.4 Å². The number of aliphatic hydroxyl groups excluding tert-OH is 1. The fourth-order valence-electron chi connectivity index (χ4n) is 3.96. The Labute approximate surface area is 189 Å². The van der Waals surface area contributed by atoms with Crippen molar-refractivity contribution in [3.05, 3.63) is 60.2 Å². The standard InChI is InChI=1S/C25H31N3O4/c1-27-25(32-23-12-8-7-11-22(23)31-3)21(24(26-27)18-9-5-4-6-10-18)16-28(19-13-14-19)15-20(29)17-30-2/h4-12,19-20,29H,13-17H2,1-3H3/t20-/m1/s1. The zero-order chi connectivity index (χ0) is 22.5. The van der Waals surface area contributed by atoms with Crippen LogP contribution in [-0.2, 0) is 18.3 Å². The minimum Gasteiger partial charge on any atom is -0.493 e. The molecule has 3 aromatic rings. The van der Waals surface area contributed by atoms with Gasteiger partial charge in [-0.25, -0.2) is 4.68 Å². The first kappa shape index (κ1) is 22.3. The first-order valence-electron chi connectivity index (χ1n) is 10.9. The summed E-state index contributed by atoms with van der Waals surface area (Å²) in [5, 5.41) is 15.2. The summed E-state index contributed by atoms with van der Waals surface area (Å²) >= 11 is 0. The first-order chi connectivity index (χ1) is 15.6. The lowest BCUT2D eigenvalue weighted by Gasteiger charge is -2.25. The van der Waals surface area contributed by atoms with Gasteiger partial charge in [-0.15, -0.1) is 0 Å². The number of nitrogens with zero attached hydrogens (tertiary/aromatic N) is 3. The Balaban J connectivity index is 1.72. The molecule has 1 aliphatic carbocycles. The molecule has 1 atom stereocenters. The molecule has 2 aromatic carbocycles. The average molecular weight is 438 g/mol. The van der Waals surface area contributed by atoms with Gasteiger partial charge in [0.2, 0.25) is 5.88 Å². The number of benzene rings is 2. The molecule has 32 heavy (non-hydrogen) atoms. The van der Waals surface area contributed by atoms with E-state index in [1.807, 2.05) is 49.5 Å². The van der Waals surface area contributed by atoms with Gasteiger partial charge in [-0.2, -0.15) is 5.10 Å². The second-order valence-electron chi connectivity index (χ2n) is 8.14. The zero-order valence-electron chi connectivity index (χ0n) is 18.9. The summed E-state index contributed by atoms with van der Waals surface area (Å²) in [5.74, 6) is 1.96. The lowest BCUT2D eigenvalue weighted by molar-refractivity contribution is 0.0336. The van der Waals surface area contributed by atoms with Gasteiger partial charge in [0.25, 0.3) is 0 Å². The number of hydrogen-bond acceptors (Lipinski definition) is 6. The number of methoxy groups -OCH3 is 2. The predicted molar refractivity (Wildman–Crippen MR) is 123 cm³/mol. The van der Waals surface area contributed by atoms with Gasteiger partial charge in [0.05, 0.1) is 25.4 Å². The fraction of sp³-hybridized carbons (Fsp3) is 0.400. The number of hydrogen-bond donors (Lipinski definition) is 1. The molecule has 0 amide bonds. The lowest BCUT2D eigenvalue weighted by atomic mass is 10.1. The molecule has 1 saturated carbocycles. The maximum absolute atomic E-state index is 10.4. The van der Waals surface area contributed by atoms with Crippen molar-refractivity contribution >= 4 is 0 Å². The van der Waals surface area contributed by atoms with Crippen LogP contribution < -0.4 is 9.47 Å². The van der Waals surface area contributed by atoms with E-state index in [1.165, 1.54) is 0 Å². The van der Waals surface area contributed by atoms with Crippen LogP contribution in [0.1, 0.15) is 18.4 Å². The second kappa shape index (κ2) is 10.2. The van der Waals surface area contributed by atoms with Crippen molar-refractivity contribution < 1.29 is 19.3 Å². The number of aryl methyl sites for hydroxylation is 1. The number of aromatic nitrogens is 2. The van der Waals surface area contributed by atoms with Gasteiger partial charge in [0.1, 0.15) is 5.69 Å². The van der Waals surface area contributed by atoms with E-state index >= 15 is 0 Å². The third-order valence-electron chi connectivity index (χ3n) is 5.64. The van der Waals surface area contributed by atoms with Crippen LogP contribution in [0.15, 0.2) is 54.6 Å². The van der Waals surface area contributed by atoms with Crippen LogP contribution in [0.2, 0.25) is 0 Å². The fourth-order valence-corrected chi connectivity index (χ4v) is 3.96. The minimum atomic E-state index is -0.545. The van der Waals surface area contributed by atoms with E-state index in [0.29, 0.717) is 43.1 Å². The average Bonchev–Trinajstić information content (AvgIpc) is 3.61. The van der Waals surface area contributed by atoms with Crippen LogP contribution in [-0.4, -0.2) is 59.3 Å². The maximum atomic E-state index is 10.4. The number of para-hydroxylation sites is 2. The van der Waals surface area contributed by atoms with Crippen molar-refractivity contribution in [3.63, 3.8) is 0 Å². The summed E-state index contributed by atoms with van der Waals surface area (Å²) in [7, 11) is 5.13. The van der Waals surface area contributed by atoms with Gasteiger partial charge >= 0.3 is 0 Å². The van der Waals surface area contributed by atoms with Crippen molar-refractivity contribution in [2.24, 2.45) is 7.05 Å². The van der Waals surface area contributed by atoms with Gasteiger partial charge in [0, 0.05) is 38.9 Å². The SMILES string of the molecule is COC[C@H](O)CN(Cc1c(-c2ccccc2)nn(C)c1Oc1ccccc1OC)C1CC1. The summed E-state index contributed by atoms with van der Waals surface area (Å²) in [4.78, 5) is 2.31. The monoisotopic (exact) mass is 437 g/mol. The summed E-state index contributed by atoms with van der Waals surface area (Å²) < 4.78 is 18.8. The van der Waals surface area contributed by atoms with Crippen molar-refractivity contribution in [2.45, 2.75) is 31.5 Å². The van der Waals surface area contributed by atoms with E-state index in [9.17, 15) is 5.11 Å². The molecule has 1 aliphatic rings. The maximum Gasteiger partial charge on any atom is 0.222 e. The molecule has 1 aromatic heterocycles. The number of rotatable bonds is 11. The van der Waals surface area contributed by atoms with Crippen molar-refractivity contribution in [1.82, 2.24) is 14.7 Å². The van der Waals surface area contributed by atoms with Crippen LogP contribution in [0.3, 0.4) is 0 Å². The highest BCUT2D eigenvalue weighted by Gasteiger charge is 2.33. The van der Waals surface area contributed by atoms with E-state index in [-0.39, 0.29) is 0 Å². The molecule has 0 spiro atoms. The lowest BCUT2D eigenvalue weighted by Crippen LogP contribution is -2.36. The Morgan fingerprint density at radius 2 is 1.75 bits per heavy atom. The van der Waals surface area contributed by atoms with Crippen molar-refractivity contribution in [1.29, 1.82) is 0 Å². The third kappa shape index (κ3) is 5.12. The molecule has 0 saturated heterocycles. The van der Waals surface area contributed by atoms with E-state index in [1.54, 1.807) is 18.9 Å². The van der Waals surface area contributed by atoms with Gasteiger partial charge in [-0.1, -0.05) is 42.5 Å². The third-order valence-corrected chi connectivity index (χ3v) is 5.64. The predicted octanol–water partition coefficient (Wildman–Crippen LogP) is 3.86. The largest absolute Gasteiger partial charge is 0.493 e. The van der Waals surface area contributed by atoms with E-state index in [0.717, 1.165) is 29.7 Å². The summed E-state index contributed by atoms with van der Waals surface area (Å²) in [6, 6.07) is 18.2. The summed E-state index contributed by atoms with van der Waals surface area (Å²) in [6.45, 7) is 1.47. The number of ether oxygens (including phenoxy) is 3. The van der Waals surface area contributed by atoms with Gasteiger partial charge in [0.15, 0.2) is 11.5 Å². The highest BCUT2D eigenvalue weighted by molar-refractivity contribution is 5.66. The Bertz CT molecular complexity index is 1020. The Hall–Kier alpha value is -2.87. The van der Waals surface area contributed by atoms with Crippen LogP contribution >= 0.6 is 0 Å². The van der Waals surface area contributed by atoms with Gasteiger partial charge in [-0.05, 0) is 25.0 Å². The molecule has 1 heterocycles. The molecular weight excluding hydrogens is 406 g/mol. The Kier molecular flexibility index (Phi) is 7.09. The van der Waals surface area contributed by atoms with E-state index in [4.69, 9.17) is 19.3 Å². The summed E-state index contributed by atoms with van der Waals surface area (Å²) in [5.41, 5.74) is 2.90. The molecule has 1 N–H and O–H groups in total. The van der Waals surface area contributed by atoms with Gasteiger partial charge in [-0.3, -0.25) is 4.90 Å². The molecule has 0 aliphatic heterocycles. The van der Waals surface area contributed by atoms with Crippen LogP contribution in [0.4, 0.5) is 0 Å². The topological polar surface area (TPSA) is 69.0 Å². The van der Waals surface area contributed by atoms with Crippen LogP contribution in [0.25, 0.3) is 11.3 Å². The molecule has 7 heteroatoms. The Morgan fingerprint density at radius 1 is 1.06 bits per heavy atom. The molecule has 1 fully saturated rings. The van der Waals surface area contributed by atoms with Gasteiger partial charge < -0.3 is 19.3 Å². The zero-order valence-corrected chi connectivity index (χ0v) is 18.9. The van der Waals surface area contributed by atoms with Crippen molar-refractivity contribution in [2.75, 3.05) is 27.4 Å². The molecule has 0 unspecified atom stereocenters. The quantitative estimate of drug-likeness (QED) is 0.491. The van der Waals surface area contributed by atoms with E-state index < -0.39 is 6.10 Å². The normalized spacial score (nSPS) is 14.5. The van der Waals surface area contributed by atoms with Crippen LogP contribution in [0, 0.1) is 0 Å². The molecule has 4 rings (SSSR count). The molecular formula is C25H31N3O4. The minimum absolute atomic E-state index is 0.312. The molecule has 7 nitrogen and oxygen atoms in total. The highest BCUT2D eigenvalue weighted by atomic mass is 16.5. The summed E-state index contributed by atoms with van der Waals surface area (Å²) in [6.07, 6.45) is 1.71. The van der Waals surface area contributed by atoms with E-state index in [2.05, 4.69) is 17.0 Å². The molecule has 0 radical (unpaired) electrons. The first-order valence-corrected chi connectivity index (χ1v) is 10.9.